The Morgan fingerprint density at radius 3 is 2.55 bits per heavy atom. The number of carboxylic acid groups (broad SMARTS) is 2. The van der Waals surface area contributed by atoms with Crippen molar-refractivity contribution in [2.24, 2.45) is 0 Å². The highest BCUT2D eigenvalue weighted by Crippen LogP contribution is 2.16. The first-order valence-electron chi connectivity index (χ1n) is 3.72. The van der Waals surface area contributed by atoms with E-state index in [0.29, 0.717) is 11.3 Å². The molecule has 1 aliphatic rings. The molecule has 0 radical (unpaired) electrons. The van der Waals surface area contributed by atoms with Gasteiger partial charge in [0, 0.05) is 6.54 Å². The van der Waals surface area contributed by atoms with Gasteiger partial charge < -0.3 is 10.2 Å². The van der Waals surface area contributed by atoms with E-state index in [9.17, 15) is 9.59 Å². The SMILES string of the molecule is [2H]C1(C(=O)O)CCCN1C(=O)O. The molecule has 0 aromatic rings. The van der Waals surface area contributed by atoms with E-state index in [-0.39, 0.29) is 13.0 Å². The van der Waals surface area contributed by atoms with Gasteiger partial charge in [-0.05, 0) is 12.8 Å². The van der Waals surface area contributed by atoms with Crippen molar-refractivity contribution >= 4 is 12.1 Å². The summed E-state index contributed by atoms with van der Waals surface area (Å²) < 4.78 is 7.37. The quantitative estimate of drug-likeness (QED) is 0.574. The highest BCUT2D eigenvalue weighted by atomic mass is 16.4. The van der Waals surface area contributed by atoms with E-state index in [1.807, 2.05) is 0 Å². The van der Waals surface area contributed by atoms with Crippen LogP contribution in [-0.2, 0) is 4.79 Å². The molecule has 11 heavy (non-hydrogen) atoms. The van der Waals surface area contributed by atoms with Crippen LogP contribution in [-0.4, -0.2) is 39.7 Å². The van der Waals surface area contributed by atoms with Crippen molar-refractivity contribution in [3.8, 4) is 0 Å². The zero-order valence-electron chi connectivity index (χ0n) is 6.78. The van der Waals surface area contributed by atoms with E-state index in [4.69, 9.17) is 11.6 Å². The maximum atomic E-state index is 10.5. The predicted molar refractivity (Wildman–Crippen MR) is 35.4 cm³/mol. The number of carboxylic acids is 1. The van der Waals surface area contributed by atoms with Gasteiger partial charge in [-0.25, -0.2) is 9.59 Å². The Morgan fingerprint density at radius 2 is 2.18 bits per heavy atom. The summed E-state index contributed by atoms with van der Waals surface area (Å²) in [5, 5.41) is 17.1. The largest absolute Gasteiger partial charge is 0.480 e. The third-order valence-corrected chi connectivity index (χ3v) is 1.60. The van der Waals surface area contributed by atoms with E-state index >= 15 is 0 Å². The normalized spacial score (nSPS) is 31.6. The number of carbonyl (C=O) groups is 2. The smallest absolute Gasteiger partial charge is 0.408 e. The summed E-state index contributed by atoms with van der Waals surface area (Å²) in [6, 6.07) is -1.97. The van der Waals surface area contributed by atoms with E-state index in [0.717, 1.165) is 0 Å². The molecule has 0 aromatic carbocycles. The lowest BCUT2D eigenvalue weighted by Gasteiger charge is -2.16. The number of rotatable bonds is 1. The Bertz CT molecular complexity index is 232. The van der Waals surface area contributed by atoms with Crippen molar-refractivity contribution < 1.29 is 21.2 Å². The first-order valence-corrected chi connectivity index (χ1v) is 3.22. The molecule has 1 unspecified atom stereocenters. The average Bonchev–Trinajstić information content (AvgIpc) is 2.32. The molecule has 1 amide bonds. The fraction of sp³-hybridized carbons (Fsp3) is 0.667. The second-order valence-electron chi connectivity index (χ2n) is 2.29. The van der Waals surface area contributed by atoms with Gasteiger partial charge in [0.15, 0.2) is 0 Å². The Labute approximate surface area is 64.6 Å². The van der Waals surface area contributed by atoms with E-state index in [1.165, 1.54) is 0 Å². The topological polar surface area (TPSA) is 77.8 Å². The molecule has 0 aliphatic carbocycles. The second kappa shape index (κ2) is 2.77. The van der Waals surface area contributed by atoms with Crippen molar-refractivity contribution in [1.29, 1.82) is 0 Å². The van der Waals surface area contributed by atoms with Gasteiger partial charge in [-0.15, -0.1) is 0 Å². The van der Waals surface area contributed by atoms with Gasteiger partial charge >= 0.3 is 12.1 Å². The lowest BCUT2D eigenvalue weighted by atomic mass is 10.2. The van der Waals surface area contributed by atoms with Crippen molar-refractivity contribution in [2.75, 3.05) is 6.54 Å². The molecular formula is C6H9NO4. The summed E-state index contributed by atoms with van der Waals surface area (Å²) >= 11 is 0. The second-order valence-corrected chi connectivity index (χ2v) is 2.29. The van der Waals surface area contributed by atoms with Gasteiger partial charge in [0.2, 0.25) is 0 Å². The van der Waals surface area contributed by atoms with Crippen LogP contribution in [0.25, 0.3) is 0 Å². The fourth-order valence-corrected chi connectivity index (χ4v) is 1.11. The minimum absolute atomic E-state index is 0.0641. The Kier molecular flexibility index (Phi) is 1.63. The third-order valence-electron chi connectivity index (χ3n) is 1.60. The van der Waals surface area contributed by atoms with Crippen molar-refractivity contribution in [3.63, 3.8) is 0 Å². The zero-order chi connectivity index (χ0) is 9.35. The molecule has 1 fully saturated rings. The lowest BCUT2D eigenvalue weighted by molar-refractivity contribution is -0.141. The summed E-state index contributed by atoms with van der Waals surface area (Å²) in [4.78, 5) is 21.7. The number of amides is 1. The van der Waals surface area contributed by atoms with Crippen LogP contribution in [0.2, 0.25) is 0 Å². The third kappa shape index (κ3) is 1.42. The first-order chi connectivity index (χ1) is 5.48. The van der Waals surface area contributed by atoms with Crippen LogP contribution in [0.1, 0.15) is 14.2 Å². The van der Waals surface area contributed by atoms with E-state index in [2.05, 4.69) is 0 Å². The Hall–Kier alpha value is -1.26. The average molecular weight is 160 g/mol. The van der Waals surface area contributed by atoms with Crippen LogP contribution in [0.3, 0.4) is 0 Å². The van der Waals surface area contributed by atoms with Crippen LogP contribution in [0, 0.1) is 0 Å². The van der Waals surface area contributed by atoms with Gasteiger partial charge in [0.25, 0.3) is 0 Å². The van der Waals surface area contributed by atoms with Crippen LogP contribution >= 0.6 is 0 Å². The van der Waals surface area contributed by atoms with Crippen LogP contribution < -0.4 is 0 Å². The molecule has 1 saturated heterocycles. The zero-order valence-corrected chi connectivity index (χ0v) is 5.78. The maximum Gasteiger partial charge on any atom is 0.408 e. The minimum atomic E-state index is -1.97. The highest BCUT2D eigenvalue weighted by molar-refractivity contribution is 5.79. The standard InChI is InChI=1S/C6H9NO4/c8-5(9)4-2-1-3-7(4)6(10)11/h4H,1-3H2,(H,8,9)(H,10,11)/i4D. The van der Waals surface area contributed by atoms with Gasteiger partial charge in [-0.3, -0.25) is 4.90 Å². The molecule has 1 aliphatic heterocycles. The highest BCUT2D eigenvalue weighted by Gasteiger charge is 2.33. The summed E-state index contributed by atoms with van der Waals surface area (Å²) in [5.41, 5.74) is 0. The molecule has 0 saturated carbocycles. The van der Waals surface area contributed by atoms with E-state index in [1.54, 1.807) is 0 Å². The maximum absolute atomic E-state index is 10.5. The fourth-order valence-electron chi connectivity index (χ4n) is 1.11. The molecule has 5 heteroatoms. The first kappa shape index (κ1) is 6.45. The minimum Gasteiger partial charge on any atom is -0.480 e. The van der Waals surface area contributed by atoms with Crippen LogP contribution in [0.4, 0.5) is 4.79 Å². The molecule has 2 N–H and O–H groups in total. The Balaban J connectivity index is 2.89. The van der Waals surface area contributed by atoms with Gasteiger partial charge in [-0.2, -0.15) is 0 Å². The van der Waals surface area contributed by atoms with Gasteiger partial charge in [0.05, 0.1) is 1.37 Å². The number of hydrogen-bond donors (Lipinski definition) is 2. The summed E-state index contributed by atoms with van der Waals surface area (Å²) in [5.74, 6) is -1.40. The lowest BCUT2D eigenvalue weighted by Crippen LogP contribution is -2.39. The van der Waals surface area contributed by atoms with Crippen molar-refractivity contribution in [3.05, 3.63) is 0 Å². The van der Waals surface area contributed by atoms with Crippen LogP contribution in [0.5, 0.6) is 0 Å². The molecule has 1 heterocycles. The number of nitrogens with zero attached hydrogens (tertiary/aromatic N) is 1. The predicted octanol–water partition coefficient (Wildman–Crippen LogP) is 0.213. The van der Waals surface area contributed by atoms with Gasteiger partial charge in [0.1, 0.15) is 6.02 Å². The number of likely N-dealkylation sites (tertiary alicyclic amines) is 1. The molecule has 1 atom stereocenters. The van der Waals surface area contributed by atoms with E-state index < -0.39 is 18.1 Å². The summed E-state index contributed by atoms with van der Waals surface area (Å²) in [6.45, 7) is 0.130. The monoisotopic (exact) mass is 160 g/mol. The molecule has 62 valence electrons. The summed E-state index contributed by atoms with van der Waals surface area (Å²) in [6.07, 6.45) is -0.846. The number of hydrogen-bond acceptors (Lipinski definition) is 2. The molecule has 0 spiro atoms. The molecule has 0 aromatic heterocycles. The summed E-state index contributed by atoms with van der Waals surface area (Å²) in [7, 11) is 0. The molecule has 1 rings (SSSR count). The molecule has 5 nitrogen and oxygen atoms in total. The van der Waals surface area contributed by atoms with Crippen molar-refractivity contribution in [2.45, 2.75) is 18.9 Å². The molecular weight excluding hydrogens is 150 g/mol. The molecule has 0 bridgehead atoms. The number of aliphatic carboxylic acids is 1. The van der Waals surface area contributed by atoms with Crippen molar-refractivity contribution in [1.82, 2.24) is 4.90 Å². The van der Waals surface area contributed by atoms with Crippen LogP contribution in [0.15, 0.2) is 0 Å². The Morgan fingerprint density at radius 1 is 1.55 bits per heavy atom. The van der Waals surface area contributed by atoms with Gasteiger partial charge in [-0.1, -0.05) is 0 Å².